The minimum atomic E-state index is 0.0501. The highest BCUT2D eigenvalue weighted by Crippen LogP contribution is 2.25. The highest BCUT2D eigenvalue weighted by atomic mass is 16.5. The van der Waals surface area contributed by atoms with Crippen molar-refractivity contribution in [3.63, 3.8) is 0 Å². The highest BCUT2D eigenvalue weighted by Gasteiger charge is 2.22. The minimum absolute atomic E-state index is 0.0501. The SMILES string of the molecule is O=C(COc1ccc2c(c1)CCCC2)N1CCC(CO)CC1. The van der Waals surface area contributed by atoms with Crippen LogP contribution in [-0.4, -0.2) is 42.2 Å². The lowest BCUT2D eigenvalue weighted by Gasteiger charge is -2.31. The van der Waals surface area contributed by atoms with Gasteiger partial charge in [0.25, 0.3) is 5.91 Å². The van der Waals surface area contributed by atoms with Crippen LogP contribution in [0.4, 0.5) is 0 Å². The summed E-state index contributed by atoms with van der Waals surface area (Å²) in [6.07, 6.45) is 6.58. The van der Waals surface area contributed by atoms with E-state index in [9.17, 15) is 4.79 Å². The second-order valence-corrected chi connectivity index (χ2v) is 6.43. The number of aryl methyl sites for hydroxylation is 2. The van der Waals surface area contributed by atoms with Gasteiger partial charge in [-0.15, -0.1) is 0 Å². The van der Waals surface area contributed by atoms with Gasteiger partial charge in [0.1, 0.15) is 5.75 Å². The molecule has 0 aromatic heterocycles. The standard InChI is InChI=1S/C18H25NO3/c20-12-14-7-9-19(10-8-14)18(21)13-22-17-6-5-15-3-1-2-4-16(15)11-17/h5-6,11,14,20H,1-4,7-10,12-13H2. The number of amides is 1. The third-order valence-corrected chi connectivity index (χ3v) is 4.91. The summed E-state index contributed by atoms with van der Waals surface area (Å²) in [6, 6.07) is 6.22. The molecule has 0 atom stereocenters. The quantitative estimate of drug-likeness (QED) is 0.927. The molecule has 1 fully saturated rings. The first-order valence-electron chi connectivity index (χ1n) is 8.39. The topological polar surface area (TPSA) is 49.8 Å². The molecule has 1 aromatic carbocycles. The van der Waals surface area contributed by atoms with Crippen LogP contribution in [0.15, 0.2) is 18.2 Å². The van der Waals surface area contributed by atoms with Crippen molar-refractivity contribution in [3.8, 4) is 5.75 Å². The van der Waals surface area contributed by atoms with Crippen molar-refractivity contribution in [2.45, 2.75) is 38.5 Å². The van der Waals surface area contributed by atoms with Crippen LogP contribution in [0.1, 0.15) is 36.8 Å². The van der Waals surface area contributed by atoms with Gasteiger partial charge in [0.15, 0.2) is 6.61 Å². The number of hydrogen-bond acceptors (Lipinski definition) is 3. The molecule has 0 unspecified atom stereocenters. The van der Waals surface area contributed by atoms with Crippen LogP contribution >= 0.6 is 0 Å². The predicted octanol–water partition coefficient (Wildman–Crippen LogP) is 2.18. The Morgan fingerprint density at radius 1 is 1.18 bits per heavy atom. The number of rotatable bonds is 4. The molecule has 0 spiro atoms. The molecular weight excluding hydrogens is 278 g/mol. The van der Waals surface area contributed by atoms with E-state index in [0.717, 1.165) is 44.5 Å². The molecule has 1 aliphatic heterocycles. The average molecular weight is 303 g/mol. The summed E-state index contributed by atoms with van der Waals surface area (Å²) in [5, 5.41) is 9.14. The van der Waals surface area contributed by atoms with Gasteiger partial charge in [-0.2, -0.15) is 0 Å². The Bertz CT molecular complexity index is 521. The molecule has 22 heavy (non-hydrogen) atoms. The minimum Gasteiger partial charge on any atom is -0.484 e. The molecule has 0 saturated carbocycles. The fourth-order valence-corrected chi connectivity index (χ4v) is 3.40. The van der Waals surface area contributed by atoms with Crippen molar-refractivity contribution in [1.82, 2.24) is 4.90 Å². The first-order chi connectivity index (χ1) is 10.8. The summed E-state index contributed by atoms with van der Waals surface area (Å²) in [5.41, 5.74) is 2.80. The molecule has 4 nitrogen and oxygen atoms in total. The molecule has 1 N–H and O–H groups in total. The number of carbonyl (C=O) groups is 1. The number of fused-ring (bicyclic) bond motifs is 1. The zero-order valence-electron chi connectivity index (χ0n) is 13.1. The number of nitrogens with zero attached hydrogens (tertiary/aromatic N) is 1. The van der Waals surface area contributed by atoms with Crippen molar-refractivity contribution in [1.29, 1.82) is 0 Å². The normalized spacial score (nSPS) is 18.9. The van der Waals surface area contributed by atoms with Gasteiger partial charge >= 0.3 is 0 Å². The van der Waals surface area contributed by atoms with Crippen molar-refractivity contribution in [2.24, 2.45) is 5.92 Å². The molecule has 4 heteroatoms. The summed E-state index contributed by atoms with van der Waals surface area (Å²) < 4.78 is 5.70. The van der Waals surface area contributed by atoms with E-state index < -0.39 is 0 Å². The monoisotopic (exact) mass is 303 g/mol. The molecule has 120 valence electrons. The van der Waals surface area contributed by atoms with Crippen LogP contribution in [0.3, 0.4) is 0 Å². The van der Waals surface area contributed by atoms with Gasteiger partial charge in [-0.25, -0.2) is 0 Å². The van der Waals surface area contributed by atoms with Gasteiger partial charge in [-0.05, 0) is 67.7 Å². The van der Waals surface area contributed by atoms with E-state index in [-0.39, 0.29) is 19.1 Å². The number of benzene rings is 1. The van der Waals surface area contributed by atoms with Crippen LogP contribution < -0.4 is 4.74 Å². The number of piperidine rings is 1. The fraction of sp³-hybridized carbons (Fsp3) is 0.611. The third-order valence-electron chi connectivity index (χ3n) is 4.91. The maximum absolute atomic E-state index is 12.2. The van der Waals surface area contributed by atoms with Gasteiger partial charge < -0.3 is 14.7 Å². The summed E-state index contributed by atoms with van der Waals surface area (Å²) in [7, 11) is 0. The number of aliphatic hydroxyl groups excluding tert-OH is 1. The van der Waals surface area contributed by atoms with E-state index in [4.69, 9.17) is 9.84 Å². The van der Waals surface area contributed by atoms with Crippen LogP contribution in [0, 0.1) is 5.92 Å². The number of aliphatic hydroxyl groups is 1. The average Bonchev–Trinajstić information content (AvgIpc) is 2.59. The number of hydrogen-bond donors (Lipinski definition) is 1. The largest absolute Gasteiger partial charge is 0.484 e. The van der Waals surface area contributed by atoms with Gasteiger partial charge in [-0.3, -0.25) is 4.79 Å². The van der Waals surface area contributed by atoms with Crippen molar-refractivity contribution in [3.05, 3.63) is 29.3 Å². The van der Waals surface area contributed by atoms with Crippen molar-refractivity contribution >= 4 is 5.91 Å². The Balaban J connectivity index is 1.51. The van der Waals surface area contributed by atoms with Gasteiger partial charge in [-0.1, -0.05) is 6.07 Å². The molecule has 1 amide bonds. The zero-order chi connectivity index (χ0) is 15.4. The van der Waals surface area contributed by atoms with E-state index in [1.165, 1.54) is 24.0 Å². The Morgan fingerprint density at radius 2 is 1.91 bits per heavy atom. The Labute approximate surface area is 132 Å². The summed E-state index contributed by atoms with van der Waals surface area (Å²) in [6.45, 7) is 1.81. The molecule has 0 radical (unpaired) electrons. The van der Waals surface area contributed by atoms with E-state index in [0.29, 0.717) is 5.92 Å². The molecule has 2 aliphatic rings. The van der Waals surface area contributed by atoms with Crippen LogP contribution in [0.5, 0.6) is 5.75 Å². The lowest BCUT2D eigenvalue weighted by molar-refractivity contribution is -0.134. The Hall–Kier alpha value is -1.55. The smallest absolute Gasteiger partial charge is 0.260 e. The summed E-state index contributed by atoms with van der Waals surface area (Å²) in [5.74, 6) is 1.21. The first-order valence-corrected chi connectivity index (χ1v) is 8.39. The van der Waals surface area contributed by atoms with E-state index >= 15 is 0 Å². The molecule has 1 saturated heterocycles. The number of carbonyl (C=O) groups excluding carboxylic acids is 1. The summed E-state index contributed by atoms with van der Waals surface area (Å²) in [4.78, 5) is 14.0. The van der Waals surface area contributed by atoms with Crippen molar-refractivity contribution in [2.75, 3.05) is 26.3 Å². The lowest BCUT2D eigenvalue weighted by Crippen LogP contribution is -2.41. The summed E-state index contributed by atoms with van der Waals surface area (Å²) >= 11 is 0. The Kier molecular flexibility index (Phi) is 4.98. The lowest BCUT2D eigenvalue weighted by atomic mass is 9.92. The molecular formula is C18H25NO3. The molecule has 0 bridgehead atoms. The fourth-order valence-electron chi connectivity index (χ4n) is 3.40. The number of likely N-dealkylation sites (tertiary alicyclic amines) is 1. The third kappa shape index (κ3) is 3.61. The molecule has 3 rings (SSSR count). The first kappa shape index (κ1) is 15.3. The maximum Gasteiger partial charge on any atom is 0.260 e. The Morgan fingerprint density at radius 3 is 2.64 bits per heavy atom. The van der Waals surface area contributed by atoms with Gasteiger partial charge in [0.05, 0.1) is 0 Å². The highest BCUT2D eigenvalue weighted by molar-refractivity contribution is 5.77. The number of ether oxygens (including phenoxy) is 1. The van der Waals surface area contributed by atoms with Crippen LogP contribution in [0.2, 0.25) is 0 Å². The van der Waals surface area contributed by atoms with Crippen molar-refractivity contribution < 1.29 is 14.6 Å². The van der Waals surface area contributed by atoms with Crippen LogP contribution in [-0.2, 0) is 17.6 Å². The molecule has 1 heterocycles. The van der Waals surface area contributed by atoms with Gasteiger partial charge in [0, 0.05) is 19.7 Å². The van der Waals surface area contributed by atoms with Crippen LogP contribution in [0.25, 0.3) is 0 Å². The molecule has 1 aromatic rings. The second kappa shape index (κ2) is 7.14. The van der Waals surface area contributed by atoms with E-state index in [2.05, 4.69) is 12.1 Å². The maximum atomic E-state index is 12.2. The predicted molar refractivity (Wildman–Crippen MR) is 85.0 cm³/mol. The van der Waals surface area contributed by atoms with Gasteiger partial charge in [0.2, 0.25) is 0 Å². The van der Waals surface area contributed by atoms with E-state index in [1.54, 1.807) is 0 Å². The zero-order valence-corrected chi connectivity index (χ0v) is 13.1. The second-order valence-electron chi connectivity index (χ2n) is 6.43. The molecule has 1 aliphatic carbocycles. The van der Waals surface area contributed by atoms with E-state index in [1.807, 2.05) is 11.0 Å².